The molecule has 2 aromatic carbocycles. The third-order valence-electron chi connectivity index (χ3n) is 4.46. The summed E-state index contributed by atoms with van der Waals surface area (Å²) in [5.41, 5.74) is 0.737. The van der Waals surface area contributed by atoms with Gasteiger partial charge in [0.05, 0.1) is 18.0 Å². The van der Waals surface area contributed by atoms with Crippen molar-refractivity contribution in [2.75, 3.05) is 13.9 Å². The smallest absolute Gasteiger partial charge is 0.305 e. The Hall–Kier alpha value is -3.02. The van der Waals surface area contributed by atoms with Crippen molar-refractivity contribution in [1.82, 2.24) is 4.57 Å². The van der Waals surface area contributed by atoms with Crippen molar-refractivity contribution < 1.29 is 19.0 Å². The van der Waals surface area contributed by atoms with E-state index in [9.17, 15) is 9.59 Å². The number of aryl methyl sites for hydroxylation is 1. The highest BCUT2D eigenvalue weighted by Gasteiger charge is 2.18. The first-order valence-electron chi connectivity index (χ1n) is 8.11. The standard InChI is InChI=1S/C19H17NO5/c1-23-18(21)7-4-8-20-15-6-3-2-5-12(15)13-9-16-17(25-11-24-16)10-14(13)19(20)22/h2-3,5-6,9-10H,4,7-8,11H2,1H3. The highest BCUT2D eigenvalue weighted by molar-refractivity contribution is 6.06. The fraction of sp³-hybridized carbons (Fsp3) is 0.263. The van der Waals surface area contributed by atoms with Gasteiger partial charge in [-0.05, 0) is 24.6 Å². The predicted molar refractivity (Wildman–Crippen MR) is 93.1 cm³/mol. The van der Waals surface area contributed by atoms with Crippen LogP contribution in [0.15, 0.2) is 41.2 Å². The zero-order valence-corrected chi connectivity index (χ0v) is 13.8. The summed E-state index contributed by atoms with van der Waals surface area (Å²) in [4.78, 5) is 24.4. The quantitative estimate of drug-likeness (QED) is 0.540. The summed E-state index contributed by atoms with van der Waals surface area (Å²) in [5.74, 6) is 0.961. The summed E-state index contributed by atoms with van der Waals surface area (Å²) in [6.45, 7) is 0.607. The molecule has 6 heteroatoms. The van der Waals surface area contributed by atoms with Gasteiger partial charge in [-0.1, -0.05) is 18.2 Å². The molecule has 1 aromatic heterocycles. The lowest BCUT2D eigenvalue weighted by atomic mass is 10.0. The molecule has 128 valence electrons. The van der Waals surface area contributed by atoms with E-state index in [1.165, 1.54) is 7.11 Å². The molecule has 0 spiro atoms. The number of carbonyl (C=O) groups excluding carboxylic acids is 1. The number of ether oxygens (including phenoxy) is 3. The number of methoxy groups -OCH3 is 1. The Morgan fingerprint density at radius 1 is 1.12 bits per heavy atom. The first-order chi connectivity index (χ1) is 12.2. The molecule has 3 aromatic rings. The van der Waals surface area contributed by atoms with E-state index in [-0.39, 0.29) is 24.7 Å². The maximum atomic E-state index is 13.0. The Labute approximate surface area is 143 Å². The summed E-state index contributed by atoms with van der Waals surface area (Å²) in [5, 5.41) is 2.39. The first-order valence-corrected chi connectivity index (χ1v) is 8.11. The zero-order chi connectivity index (χ0) is 17.4. The molecule has 0 saturated heterocycles. The average Bonchev–Trinajstić information content (AvgIpc) is 3.10. The largest absolute Gasteiger partial charge is 0.469 e. The summed E-state index contributed by atoms with van der Waals surface area (Å²) in [6, 6.07) is 11.3. The molecular formula is C19H17NO5. The number of aromatic nitrogens is 1. The van der Waals surface area contributed by atoms with E-state index in [1.807, 2.05) is 30.3 Å². The molecule has 0 unspecified atom stereocenters. The minimum Gasteiger partial charge on any atom is -0.469 e. The van der Waals surface area contributed by atoms with Gasteiger partial charge >= 0.3 is 5.97 Å². The molecule has 0 fully saturated rings. The molecule has 0 bridgehead atoms. The van der Waals surface area contributed by atoms with E-state index in [2.05, 4.69) is 4.74 Å². The van der Waals surface area contributed by atoms with E-state index >= 15 is 0 Å². The third-order valence-corrected chi connectivity index (χ3v) is 4.46. The van der Waals surface area contributed by atoms with Crippen molar-refractivity contribution in [2.45, 2.75) is 19.4 Å². The predicted octanol–water partition coefficient (Wildman–Crippen LogP) is 2.84. The van der Waals surface area contributed by atoms with E-state index in [0.29, 0.717) is 29.9 Å². The van der Waals surface area contributed by atoms with Crippen LogP contribution in [-0.2, 0) is 16.1 Å². The van der Waals surface area contributed by atoms with Gasteiger partial charge in [0, 0.05) is 23.7 Å². The van der Waals surface area contributed by atoms with Gasteiger partial charge in [-0.25, -0.2) is 0 Å². The highest BCUT2D eigenvalue weighted by Crippen LogP contribution is 2.37. The second-order valence-electron chi connectivity index (χ2n) is 5.90. The van der Waals surface area contributed by atoms with Gasteiger partial charge in [0.1, 0.15) is 0 Å². The number of hydrogen-bond acceptors (Lipinski definition) is 5. The monoisotopic (exact) mass is 339 g/mol. The Bertz CT molecular complexity index is 1040. The zero-order valence-electron chi connectivity index (χ0n) is 13.8. The Balaban J connectivity index is 1.89. The topological polar surface area (TPSA) is 66.8 Å². The molecule has 0 saturated carbocycles. The number of benzene rings is 2. The average molecular weight is 339 g/mol. The van der Waals surface area contributed by atoms with Crippen molar-refractivity contribution in [3.05, 3.63) is 46.8 Å². The van der Waals surface area contributed by atoms with Crippen LogP contribution in [-0.4, -0.2) is 24.4 Å². The van der Waals surface area contributed by atoms with Gasteiger partial charge in [0.25, 0.3) is 5.56 Å². The molecular weight excluding hydrogens is 322 g/mol. The van der Waals surface area contributed by atoms with Crippen molar-refractivity contribution in [1.29, 1.82) is 0 Å². The Morgan fingerprint density at radius 3 is 2.60 bits per heavy atom. The highest BCUT2D eigenvalue weighted by atomic mass is 16.7. The summed E-state index contributed by atoms with van der Waals surface area (Å²) < 4.78 is 17.2. The number of hydrogen-bond donors (Lipinski definition) is 0. The van der Waals surface area contributed by atoms with Crippen LogP contribution in [0.4, 0.5) is 0 Å². The molecule has 4 rings (SSSR count). The van der Waals surface area contributed by atoms with Crippen LogP contribution < -0.4 is 15.0 Å². The van der Waals surface area contributed by atoms with Gasteiger partial charge in [0.2, 0.25) is 6.79 Å². The molecule has 6 nitrogen and oxygen atoms in total. The number of fused-ring (bicyclic) bond motifs is 4. The number of rotatable bonds is 4. The van der Waals surface area contributed by atoms with Crippen LogP contribution in [0, 0.1) is 0 Å². The van der Waals surface area contributed by atoms with Crippen LogP contribution >= 0.6 is 0 Å². The number of para-hydroxylation sites is 1. The summed E-state index contributed by atoms with van der Waals surface area (Å²) in [6.07, 6.45) is 0.809. The van der Waals surface area contributed by atoms with Crippen LogP contribution in [0.1, 0.15) is 12.8 Å². The van der Waals surface area contributed by atoms with Crippen molar-refractivity contribution >= 4 is 27.6 Å². The SMILES string of the molecule is COC(=O)CCCn1c(=O)c2cc3c(cc2c2ccccc21)OCO3. The Kier molecular flexibility index (Phi) is 3.80. The van der Waals surface area contributed by atoms with Gasteiger partial charge in [-0.15, -0.1) is 0 Å². The molecule has 0 radical (unpaired) electrons. The molecule has 1 aliphatic rings. The fourth-order valence-corrected chi connectivity index (χ4v) is 3.24. The second kappa shape index (κ2) is 6.12. The van der Waals surface area contributed by atoms with Crippen molar-refractivity contribution in [2.24, 2.45) is 0 Å². The lowest BCUT2D eigenvalue weighted by molar-refractivity contribution is -0.140. The number of pyridine rings is 1. The fourth-order valence-electron chi connectivity index (χ4n) is 3.24. The summed E-state index contributed by atoms with van der Waals surface area (Å²) in [7, 11) is 1.36. The van der Waals surface area contributed by atoms with Crippen molar-refractivity contribution in [3.8, 4) is 11.5 Å². The van der Waals surface area contributed by atoms with E-state index in [0.717, 1.165) is 16.3 Å². The van der Waals surface area contributed by atoms with Gasteiger partial charge in [-0.3, -0.25) is 9.59 Å². The number of carbonyl (C=O) groups is 1. The van der Waals surface area contributed by atoms with Gasteiger partial charge < -0.3 is 18.8 Å². The maximum absolute atomic E-state index is 13.0. The molecule has 0 aliphatic carbocycles. The van der Waals surface area contributed by atoms with Crippen molar-refractivity contribution in [3.63, 3.8) is 0 Å². The first kappa shape index (κ1) is 15.5. The van der Waals surface area contributed by atoms with Crippen LogP contribution in [0.5, 0.6) is 11.5 Å². The molecule has 0 amide bonds. The normalized spacial score (nSPS) is 12.7. The van der Waals surface area contributed by atoms with E-state index in [4.69, 9.17) is 9.47 Å². The lowest BCUT2D eigenvalue weighted by Crippen LogP contribution is -2.21. The van der Waals surface area contributed by atoms with Crippen LogP contribution in [0.3, 0.4) is 0 Å². The number of nitrogens with zero attached hydrogens (tertiary/aromatic N) is 1. The summed E-state index contributed by atoms with van der Waals surface area (Å²) >= 11 is 0. The van der Waals surface area contributed by atoms with E-state index in [1.54, 1.807) is 10.6 Å². The second-order valence-corrected chi connectivity index (χ2v) is 5.90. The molecule has 2 heterocycles. The molecule has 0 atom stereocenters. The molecule has 25 heavy (non-hydrogen) atoms. The third kappa shape index (κ3) is 2.59. The minimum absolute atomic E-state index is 0.100. The number of esters is 1. The lowest BCUT2D eigenvalue weighted by Gasteiger charge is -2.13. The Morgan fingerprint density at radius 2 is 1.84 bits per heavy atom. The molecule has 0 N–H and O–H groups in total. The minimum atomic E-state index is -0.276. The van der Waals surface area contributed by atoms with Crippen LogP contribution in [0.2, 0.25) is 0 Å². The maximum Gasteiger partial charge on any atom is 0.305 e. The van der Waals surface area contributed by atoms with Gasteiger partial charge in [0.15, 0.2) is 11.5 Å². The van der Waals surface area contributed by atoms with E-state index < -0.39 is 0 Å². The van der Waals surface area contributed by atoms with Gasteiger partial charge in [-0.2, -0.15) is 0 Å². The van der Waals surface area contributed by atoms with Crippen LogP contribution in [0.25, 0.3) is 21.7 Å². The molecule has 1 aliphatic heterocycles.